The van der Waals surface area contributed by atoms with Gasteiger partial charge in [0.15, 0.2) is 0 Å². The fourth-order valence-corrected chi connectivity index (χ4v) is 3.25. The second kappa shape index (κ2) is 5.51. The molecule has 0 radical (unpaired) electrons. The van der Waals surface area contributed by atoms with Crippen molar-refractivity contribution >= 4 is 17.6 Å². The predicted molar refractivity (Wildman–Crippen MR) is 88.0 cm³/mol. The molecule has 2 aromatic rings. The van der Waals surface area contributed by atoms with Crippen molar-refractivity contribution in [3.63, 3.8) is 0 Å². The van der Waals surface area contributed by atoms with Gasteiger partial charge in [0.1, 0.15) is 5.84 Å². The Morgan fingerprint density at radius 2 is 1.75 bits per heavy atom. The number of para-hydroxylation sites is 1. The highest BCUT2D eigenvalue weighted by Crippen LogP contribution is 2.36. The maximum Gasteiger partial charge on any atom is 0.416 e. The van der Waals surface area contributed by atoms with Gasteiger partial charge in [0.25, 0.3) is 0 Å². The van der Waals surface area contributed by atoms with Gasteiger partial charge in [0.2, 0.25) is 0 Å². The summed E-state index contributed by atoms with van der Waals surface area (Å²) >= 11 is 0. The highest BCUT2D eigenvalue weighted by molar-refractivity contribution is 6.06. The minimum absolute atomic E-state index is 0.198. The first-order valence-corrected chi connectivity index (χ1v) is 7.81. The first kappa shape index (κ1) is 15.0. The lowest BCUT2D eigenvalue weighted by Gasteiger charge is -2.24. The number of hydrogen-bond donors (Lipinski definition) is 0. The fourth-order valence-electron chi connectivity index (χ4n) is 3.25. The maximum absolute atomic E-state index is 13.2. The van der Waals surface area contributed by atoms with Crippen molar-refractivity contribution in [1.29, 1.82) is 0 Å². The van der Waals surface area contributed by atoms with Crippen LogP contribution in [0, 0.1) is 0 Å². The Balaban J connectivity index is 1.77. The van der Waals surface area contributed by atoms with E-state index in [0.717, 1.165) is 41.8 Å². The number of nitrogens with zero attached hydrogens (tertiary/aromatic N) is 2. The molecule has 0 N–H and O–H groups in total. The monoisotopic (exact) mass is 328 g/mol. The van der Waals surface area contributed by atoms with Crippen molar-refractivity contribution in [1.82, 2.24) is 4.90 Å². The van der Waals surface area contributed by atoms with Gasteiger partial charge in [-0.25, -0.2) is 4.99 Å². The lowest BCUT2D eigenvalue weighted by molar-refractivity contribution is -0.137. The van der Waals surface area contributed by atoms with Crippen LogP contribution >= 0.6 is 0 Å². The third-order valence-corrected chi connectivity index (χ3v) is 4.41. The van der Waals surface area contributed by atoms with Crippen LogP contribution in [0.3, 0.4) is 0 Å². The summed E-state index contributed by atoms with van der Waals surface area (Å²) in [5.74, 6) is 0.797. The summed E-state index contributed by atoms with van der Waals surface area (Å²) in [6.07, 6.45) is -2.01. The molecule has 2 aliphatic heterocycles. The fraction of sp³-hybridized carbons (Fsp3) is 0.211. The molecule has 0 atom stereocenters. The van der Waals surface area contributed by atoms with Crippen molar-refractivity contribution < 1.29 is 13.2 Å². The number of halogens is 3. The molecule has 0 aromatic heterocycles. The van der Waals surface area contributed by atoms with E-state index in [0.29, 0.717) is 6.42 Å². The molecule has 0 aliphatic carbocycles. The van der Waals surface area contributed by atoms with E-state index in [1.54, 1.807) is 12.1 Å². The van der Waals surface area contributed by atoms with Crippen molar-refractivity contribution in [2.24, 2.45) is 4.99 Å². The normalized spacial score (nSPS) is 18.4. The first-order valence-electron chi connectivity index (χ1n) is 7.81. The Morgan fingerprint density at radius 3 is 2.58 bits per heavy atom. The molecule has 122 valence electrons. The molecule has 0 unspecified atom stereocenters. The molecule has 0 bridgehead atoms. The number of benzene rings is 2. The van der Waals surface area contributed by atoms with Crippen LogP contribution in [0.2, 0.25) is 0 Å². The van der Waals surface area contributed by atoms with Gasteiger partial charge in [-0.15, -0.1) is 0 Å². The molecule has 5 heteroatoms. The Kier molecular flexibility index (Phi) is 3.44. The predicted octanol–water partition coefficient (Wildman–Crippen LogP) is 5.04. The average molecular weight is 328 g/mol. The zero-order valence-corrected chi connectivity index (χ0v) is 12.8. The van der Waals surface area contributed by atoms with Gasteiger partial charge in [-0.05, 0) is 41.3 Å². The Morgan fingerprint density at radius 1 is 1.00 bits per heavy atom. The van der Waals surface area contributed by atoms with Gasteiger partial charge < -0.3 is 4.90 Å². The van der Waals surface area contributed by atoms with Crippen LogP contribution in [0.4, 0.5) is 18.9 Å². The summed E-state index contributed by atoms with van der Waals surface area (Å²) in [4.78, 5) is 6.80. The molecule has 0 amide bonds. The highest BCUT2D eigenvalue weighted by Gasteiger charge is 2.33. The van der Waals surface area contributed by atoms with Crippen LogP contribution < -0.4 is 0 Å². The average Bonchev–Trinajstić information content (AvgIpc) is 2.94. The van der Waals surface area contributed by atoms with Gasteiger partial charge in [-0.1, -0.05) is 36.4 Å². The number of amidine groups is 1. The van der Waals surface area contributed by atoms with E-state index in [2.05, 4.69) is 9.89 Å². The van der Waals surface area contributed by atoms with E-state index >= 15 is 0 Å². The first-order chi connectivity index (χ1) is 11.5. The number of hydrogen-bond acceptors (Lipinski definition) is 2. The summed E-state index contributed by atoms with van der Waals surface area (Å²) in [5, 5.41) is 0. The number of aliphatic imine (C=N–C) groups is 1. The standard InChI is InChI=1S/C19H15F3N2/c20-19(21,22)16-7-3-1-5-13(16)11-14-9-10-24-12-15-6-2-4-8-17(15)23-18(14)24/h1-8,11H,9-10,12H2/b14-11+. The molecule has 0 saturated carbocycles. The summed E-state index contributed by atoms with van der Waals surface area (Å²) in [5.41, 5.74) is 2.51. The maximum atomic E-state index is 13.2. The van der Waals surface area contributed by atoms with Crippen molar-refractivity contribution in [2.75, 3.05) is 6.54 Å². The Hall–Kier alpha value is -2.56. The molecule has 4 rings (SSSR count). The largest absolute Gasteiger partial charge is 0.416 e. The number of alkyl halides is 3. The molecule has 1 fully saturated rings. The molecule has 24 heavy (non-hydrogen) atoms. The van der Waals surface area contributed by atoms with Crippen LogP contribution in [-0.2, 0) is 12.7 Å². The third-order valence-electron chi connectivity index (χ3n) is 4.41. The lowest BCUT2D eigenvalue weighted by Crippen LogP contribution is -2.27. The van der Waals surface area contributed by atoms with E-state index in [9.17, 15) is 13.2 Å². The molecular formula is C19H15F3N2. The molecule has 2 nitrogen and oxygen atoms in total. The molecule has 0 spiro atoms. The van der Waals surface area contributed by atoms with E-state index in [1.807, 2.05) is 24.3 Å². The van der Waals surface area contributed by atoms with Gasteiger partial charge >= 0.3 is 6.18 Å². The summed E-state index contributed by atoms with van der Waals surface area (Å²) < 4.78 is 39.5. The van der Waals surface area contributed by atoms with Crippen molar-refractivity contribution in [3.8, 4) is 0 Å². The second-order valence-corrected chi connectivity index (χ2v) is 5.99. The Bertz CT molecular complexity index is 850. The zero-order chi connectivity index (χ0) is 16.7. The topological polar surface area (TPSA) is 15.6 Å². The summed E-state index contributed by atoms with van der Waals surface area (Å²) in [6.45, 7) is 1.54. The van der Waals surface area contributed by atoms with E-state index in [1.165, 1.54) is 12.1 Å². The second-order valence-electron chi connectivity index (χ2n) is 5.99. The Labute approximate surface area is 137 Å². The molecule has 2 heterocycles. The quantitative estimate of drug-likeness (QED) is 0.716. The van der Waals surface area contributed by atoms with Crippen LogP contribution in [0.25, 0.3) is 6.08 Å². The third kappa shape index (κ3) is 2.60. The molecule has 2 aliphatic rings. The van der Waals surface area contributed by atoms with Gasteiger partial charge in [0.05, 0.1) is 11.3 Å². The molecular weight excluding hydrogens is 313 g/mol. The van der Waals surface area contributed by atoms with Gasteiger partial charge in [0, 0.05) is 13.1 Å². The zero-order valence-electron chi connectivity index (χ0n) is 12.8. The summed E-state index contributed by atoms with van der Waals surface area (Å²) in [7, 11) is 0. The van der Waals surface area contributed by atoms with Crippen LogP contribution in [0.5, 0.6) is 0 Å². The minimum atomic E-state index is -4.35. The summed E-state index contributed by atoms with van der Waals surface area (Å²) in [6, 6.07) is 13.6. The van der Waals surface area contributed by atoms with Crippen molar-refractivity contribution in [2.45, 2.75) is 19.1 Å². The van der Waals surface area contributed by atoms with Crippen molar-refractivity contribution in [3.05, 3.63) is 70.8 Å². The molecule has 1 saturated heterocycles. The highest BCUT2D eigenvalue weighted by atomic mass is 19.4. The molecule has 2 aromatic carbocycles. The van der Waals surface area contributed by atoms with E-state index in [4.69, 9.17) is 0 Å². The minimum Gasteiger partial charge on any atom is -0.352 e. The number of rotatable bonds is 1. The van der Waals surface area contributed by atoms with E-state index < -0.39 is 11.7 Å². The SMILES string of the molecule is FC(F)(F)c1ccccc1/C=C1\CCN2Cc3ccccc3N=C12. The van der Waals surface area contributed by atoms with Gasteiger partial charge in [-0.2, -0.15) is 13.2 Å². The van der Waals surface area contributed by atoms with Crippen LogP contribution in [0.1, 0.15) is 23.1 Å². The van der Waals surface area contributed by atoms with Crippen LogP contribution in [0.15, 0.2) is 59.1 Å². The lowest BCUT2D eigenvalue weighted by atomic mass is 10.0. The van der Waals surface area contributed by atoms with E-state index in [-0.39, 0.29) is 5.56 Å². The number of fused-ring (bicyclic) bond motifs is 2. The smallest absolute Gasteiger partial charge is 0.352 e. The van der Waals surface area contributed by atoms with Gasteiger partial charge in [-0.3, -0.25) is 0 Å². The van der Waals surface area contributed by atoms with Crippen LogP contribution in [-0.4, -0.2) is 17.3 Å².